The molecule has 0 aliphatic heterocycles. The highest BCUT2D eigenvalue weighted by Crippen LogP contribution is 2.60. The standard InChI is InChI=1S/C11H12Cl2/c1-2-8-5-3-4-6-9(8)10-7-11(10,12)13/h3-6,10H,2,7H2,1H3. The summed E-state index contributed by atoms with van der Waals surface area (Å²) in [5, 5.41) is 0. The monoisotopic (exact) mass is 214 g/mol. The molecule has 1 aliphatic rings. The van der Waals surface area contributed by atoms with Crippen molar-refractivity contribution in [3.63, 3.8) is 0 Å². The lowest BCUT2D eigenvalue weighted by Crippen LogP contribution is -1.94. The van der Waals surface area contributed by atoms with Crippen LogP contribution in [0.2, 0.25) is 0 Å². The van der Waals surface area contributed by atoms with Crippen molar-refractivity contribution in [1.29, 1.82) is 0 Å². The van der Waals surface area contributed by atoms with Gasteiger partial charge >= 0.3 is 0 Å². The van der Waals surface area contributed by atoms with Crippen molar-refractivity contribution in [3.05, 3.63) is 35.4 Å². The maximum atomic E-state index is 6.04. The minimum absolute atomic E-state index is 0.354. The lowest BCUT2D eigenvalue weighted by molar-refractivity contribution is 1.02. The Morgan fingerprint density at radius 1 is 1.38 bits per heavy atom. The molecule has 0 bridgehead atoms. The highest BCUT2D eigenvalue weighted by Gasteiger charge is 2.52. The van der Waals surface area contributed by atoms with E-state index in [9.17, 15) is 0 Å². The highest BCUT2D eigenvalue weighted by molar-refractivity contribution is 6.51. The molecule has 2 rings (SSSR count). The average Bonchev–Trinajstić information content (AvgIpc) is 2.75. The molecule has 1 aliphatic carbocycles. The van der Waals surface area contributed by atoms with Gasteiger partial charge in [0.1, 0.15) is 4.33 Å². The molecule has 0 amide bonds. The van der Waals surface area contributed by atoms with Gasteiger partial charge in [0.15, 0.2) is 0 Å². The van der Waals surface area contributed by atoms with Crippen LogP contribution in [0.5, 0.6) is 0 Å². The molecule has 0 heterocycles. The van der Waals surface area contributed by atoms with E-state index in [1.165, 1.54) is 11.1 Å². The molecule has 0 nitrogen and oxygen atoms in total. The van der Waals surface area contributed by atoms with Gasteiger partial charge in [-0.05, 0) is 24.0 Å². The summed E-state index contributed by atoms with van der Waals surface area (Å²) in [7, 11) is 0. The van der Waals surface area contributed by atoms with E-state index in [-0.39, 0.29) is 0 Å². The number of hydrogen-bond acceptors (Lipinski definition) is 0. The molecular weight excluding hydrogens is 203 g/mol. The van der Waals surface area contributed by atoms with Crippen LogP contribution in [0.1, 0.15) is 30.4 Å². The van der Waals surface area contributed by atoms with Crippen molar-refractivity contribution >= 4 is 23.2 Å². The van der Waals surface area contributed by atoms with Crippen molar-refractivity contribution in [2.24, 2.45) is 0 Å². The summed E-state index contributed by atoms with van der Waals surface area (Å²) in [6.07, 6.45) is 1.95. The Bertz CT molecular complexity index is 318. The van der Waals surface area contributed by atoms with Crippen LogP contribution in [0.25, 0.3) is 0 Å². The Balaban J connectivity index is 2.31. The van der Waals surface area contributed by atoms with Gasteiger partial charge in [0.25, 0.3) is 0 Å². The van der Waals surface area contributed by atoms with Crippen molar-refractivity contribution < 1.29 is 0 Å². The second-order valence-electron chi connectivity index (χ2n) is 3.57. The van der Waals surface area contributed by atoms with E-state index in [0.717, 1.165) is 12.8 Å². The number of rotatable bonds is 2. The Labute approximate surface area is 88.9 Å². The Morgan fingerprint density at radius 2 is 2.00 bits per heavy atom. The maximum Gasteiger partial charge on any atom is 0.125 e. The Kier molecular flexibility index (Phi) is 2.29. The second kappa shape index (κ2) is 3.18. The molecule has 70 valence electrons. The molecule has 1 fully saturated rings. The van der Waals surface area contributed by atoms with Crippen molar-refractivity contribution in [2.75, 3.05) is 0 Å². The van der Waals surface area contributed by atoms with E-state index >= 15 is 0 Å². The van der Waals surface area contributed by atoms with Gasteiger partial charge in [0.2, 0.25) is 0 Å². The largest absolute Gasteiger partial charge is 0.125 e. The van der Waals surface area contributed by atoms with E-state index in [4.69, 9.17) is 23.2 Å². The molecule has 1 aromatic carbocycles. The Morgan fingerprint density at radius 3 is 2.54 bits per heavy atom. The molecule has 1 unspecified atom stereocenters. The Hall–Kier alpha value is -0.200. The summed E-state index contributed by atoms with van der Waals surface area (Å²) in [6.45, 7) is 2.16. The molecule has 0 N–H and O–H groups in total. The fourth-order valence-electron chi connectivity index (χ4n) is 1.75. The summed E-state index contributed by atoms with van der Waals surface area (Å²) in [6, 6.07) is 8.40. The van der Waals surface area contributed by atoms with Crippen LogP contribution in [-0.4, -0.2) is 4.33 Å². The predicted molar refractivity (Wildman–Crippen MR) is 57.6 cm³/mol. The number of alkyl halides is 2. The van der Waals surface area contributed by atoms with Crippen LogP contribution < -0.4 is 0 Å². The number of hydrogen-bond donors (Lipinski definition) is 0. The molecule has 0 saturated heterocycles. The normalized spacial score (nSPS) is 24.4. The van der Waals surface area contributed by atoms with E-state index in [2.05, 4.69) is 31.2 Å². The van der Waals surface area contributed by atoms with E-state index in [0.29, 0.717) is 5.92 Å². The zero-order valence-electron chi connectivity index (χ0n) is 7.56. The van der Waals surface area contributed by atoms with Crippen LogP contribution in [0, 0.1) is 0 Å². The third kappa shape index (κ3) is 1.70. The lowest BCUT2D eigenvalue weighted by atomic mass is 10.0. The SMILES string of the molecule is CCc1ccccc1C1CC1(Cl)Cl. The van der Waals surface area contributed by atoms with Crippen molar-refractivity contribution in [1.82, 2.24) is 0 Å². The summed E-state index contributed by atoms with van der Waals surface area (Å²) >= 11 is 12.1. The van der Waals surface area contributed by atoms with Gasteiger partial charge in [-0.15, -0.1) is 23.2 Å². The molecule has 13 heavy (non-hydrogen) atoms. The van der Waals surface area contributed by atoms with Gasteiger partial charge in [-0.1, -0.05) is 31.2 Å². The van der Waals surface area contributed by atoms with Crippen LogP contribution in [-0.2, 0) is 6.42 Å². The first kappa shape index (κ1) is 9.36. The van der Waals surface area contributed by atoms with E-state index < -0.39 is 4.33 Å². The highest BCUT2D eigenvalue weighted by atomic mass is 35.5. The molecule has 1 aromatic rings. The van der Waals surface area contributed by atoms with Gasteiger partial charge in [0, 0.05) is 5.92 Å². The summed E-state index contributed by atoms with van der Waals surface area (Å²) < 4.78 is -0.495. The molecule has 1 atom stereocenters. The van der Waals surface area contributed by atoms with E-state index in [1.807, 2.05) is 0 Å². The first-order chi connectivity index (χ1) is 6.15. The molecule has 0 spiro atoms. The fourth-order valence-corrected chi connectivity index (χ4v) is 2.29. The molecular formula is C11H12Cl2. The first-order valence-electron chi connectivity index (χ1n) is 4.61. The lowest BCUT2D eigenvalue weighted by Gasteiger charge is -2.06. The topological polar surface area (TPSA) is 0 Å². The smallest absolute Gasteiger partial charge is 0.101 e. The summed E-state index contributed by atoms with van der Waals surface area (Å²) in [5.41, 5.74) is 2.70. The number of halogens is 2. The van der Waals surface area contributed by atoms with Crippen LogP contribution in [0.3, 0.4) is 0 Å². The van der Waals surface area contributed by atoms with Crippen LogP contribution >= 0.6 is 23.2 Å². The molecule has 1 saturated carbocycles. The number of aryl methyl sites for hydroxylation is 1. The molecule has 0 aromatic heterocycles. The van der Waals surface area contributed by atoms with Crippen molar-refractivity contribution in [2.45, 2.75) is 30.0 Å². The van der Waals surface area contributed by atoms with Crippen LogP contribution in [0.4, 0.5) is 0 Å². The van der Waals surface area contributed by atoms with Gasteiger partial charge in [-0.2, -0.15) is 0 Å². The number of benzene rings is 1. The van der Waals surface area contributed by atoms with Crippen molar-refractivity contribution in [3.8, 4) is 0 Å². The second-order valence-corrected chi connectivity index (χ2v) is 5.11. The quantitative estimate of drug-likeness (QED) is 0.656. The maximum absolute atomic E-state index is 6.04. The predicted octanol–water partition coefficient (Wildman–Crippen LogP) is 3.91. The molecule has 2 heteroatoms. The average molecular weight is 215 g/mol. The minimum Gasteiger partial charge on any atom is -0.101 e. The van der Waals surface area contributed by atoms with Gasteiger partial charge in [-0.3, -0.25) is 0 Å². The van der Waals surface area contributed by atoms with E-state index in [1.54, 1.807) is 0 Å². The third-order valence-electron chi connectivity index (χ3n) is 2.64. The fraction of sp³-hybridized carbons (Fsp3) is 0.455. The van der Waals surface area contributed by atoms with Gasteiger partial charge < -0.3 is 0 Å². The zero-order valence-corrected chi connectivity index (χ0v) is 9.07. The minimum atomic E-state index is -0.495. The third-order valence-corrected chi connectivity index (χ3v) is 3.47. The summed E-state index contributed by atoms with van der Waals surface area (Å²) in [5.74, 6) is 0.354. The summed E-state index contributed by atoms with van der Waals surface area (Å²) in [4.78, 5) is 0. The first-order valence-corrected chi connectivity index (χ1v) is 5.36. The van der Waals surface area contributed by atoms with Gasteiger partial charge in [-0.25, -0.2) is 0 Å². The molecule has 0 radical (unpaired) electrons. The zero-order chi connectivity index (χ0) is 9.47. The van der Waals surface area contributed by atoms with Gasteiger partial charge in [0.05, 0.1) is 0 Å². The van der Waals surface area contributed by atoms with Crippen LogP contribution in [0.15, 0.2) is 24.3 Å².